The predicted octanol–water partition coefficient (Wildman–Crippen LogP) is 2.47. The van der Waals surface area contributed by atoms with Gasteiger partial charge in [0.15, 0.2) is 0 Å². The van der Waals surface area contributed by atoms with Crippen molar-refractivity contribution in [1.29, 1.82) is 0 Å². The Morgan fingerprint density at radius 2 is 1.73 bits per heavy atom. The van der Waals surface area contributed by atoms with E-state index >= 15 is 0 Å². The van der Waals surface area contributed by atoms with E-state index < -0.39 is 11.9 Å². The summed E-state index contributed by atoms with van der Waals surface area (Å²) in [6.07, 6.45) is 1.63. The van der Waals surface area contributed by atoms with E-state index in [4.69, 9.17) is 0 Å². The normalized spacial score (nSPS) is 12.3. The van der Waals surface area contributed by atoms with Crippen molar-refractivity contribution in [2.75, 3.05) is 0 Å². The van der Waals surface area contributed by atoms with Crippen LogP contribution in [0.5, 0.6) is 0 Å². The van der Waals surface area contributed by atoms with Crippen LogP contribution in [0.1, 0.15) is 47.0 Å². The average Bonchev–Trinajstić information content (AvgIpc) is 2.15. The summed E-state index contributed by atoms with van der Waals surface area (Å²) in [7, 11) is 0. The minimum absolute atomic E-state index is 0.187. The maximum atomic E-state index is 11.4. The van der Waals surface area contributed by atoms with Gasteiger partial charge in [-0.25, -0.2) is 19.4 Å². The lowest BCUT2D eigenvalue weighted by Crippen LogP contribution is -2.23. The lowest BCUT2D eigenvalue weighted by molar-refractivity contribution is -0.263. The molecule has 1 unspecified atom stereocenters. The second-order valence-electron chi connectivity index (χ2n) is 3.87. The fourth-order valence-electron chi connectivity index (χ4n) is 1.31. The van der Waals surface area contributed by atoms with E-state index in [0.717, 1.165) is 0 Å². The van der Waals surface area contributed by atoms with E-state index in [-0.39, 0.29) is 18.3 Å². The molecular weight excluding hydrogens is 196 g/mol. The van der Waals surface area contributed by atoms with Gasteiger partial charge in [0.1, 0.15) is 0 Å². The van der Waals surface area contributed by atoms with E-state index in [0.29, 0.717) is 12.8 Å². The van der Waals surface area contributed by atoms with Crippen molar-refractivity contribution in [1.82, 2.24) is 0 Å². The van der Waals surface area contributed by atoms with E-state index in [1.165, 1.54) is 0 Å². The number of rotatable bonds is 5. The van der Waals surface area contributed by atoms with Crippen LogP contribution in [0, 0.1) is 11.8 Å². The summed E-state index contributed by atoms with van der Waals surface area (Å²) in [5.74, 6) is -0.979. The molecule has 1 atom stereocenters. The summed E-state index contributed by atoms with van der Waals surface area (Å²) in [5.41, 5.74) is 0. The zero-order valence-electron chi connectivity index (χ0n) is 9.91. The standard InChI is InChI=1S/C11H20O4/c1-5-7-10(12)14-15-11(13)9(6-2)8(3)4/h8-9H,5-7H2,1-4H3. The van der Waals surface area contributed by atoms with Crippen molar-refractivity contribution in [3.63, 3.8) is 0 Å². The third-order valence-electron chi connectivity index (χ3n) is 2.22. The number of hydrogen-bond acceptors (Lipinski definition) is 4. The van der Waals surface area contributed by atoms with Gasteiger partial charge in [-0.1, -0.05) is 27.7 Å². The van der Waals surface area contributed by atoms with Crippen LogP contribution < -0.4 is 0 Å². The largest absolute Gasteiger partial charge is 0.358 e. The van der Waals surface area contributed by atoms with Gasteiger partial charge in [-0.2, -0.15) is 0 Å². The predicted molar refractivity (Wildman–Crippen MR) is 55.7 cm³/mol. The molecule has 0 aliphatic rings. The number of carbonyl (C=O) groups excluding carboxylic acids is 2. The summed E-state index contributed by atoms with van der Waals surface area (Å²) >= 11 is 0. The minimum Gasteiger partial charge on any atom is -0.247 e. The van der Waals surface area contributed by atoms with Crippen molar-refractivity contribution in [3.05, 3.63) is 0 Å². The molecule has 0 amide bonds. The van der Waals surface area contributed by atoms with Crippen LogP contribution in [-0.4, -0.2) is 11.9 Å². The van der Waals surface area contributed by atoms with Crippen molar-refractivity contribution in [2.24, 2.45) is 11.8 Å². The first-order chi connectivity index (χ1) is 7.02. The molecule has 4 heteroatoms. The van der Waals surface area contributed by atoms with E-state index in [1.807, 2.05) is 27.7 Å². The molecule has 0 N–H and O–H groups in total. The summed E-state index contributed by atoms with van der Waals surface area (Å²) < 4.78 is 0. The van der Waals surface area contributed by atoms with Crippen molar-refractivity contribution in [3.8, 4) is 0 Å². The minimum atomic E-state index is -0.496. The molecule has 0 saturated carbocycles. The molecule has 15 heavy (non-hydrogen) atoms. The van der Waals surface area contributed by atoms with Gasteiger partial charge in [-0.15, -0.1) is 0 Å². The average molecular weight is 216 g/mol. The fraction of sp³-hybridized carbons (Fsp3) is 0.818. The van der Waals surface area contributed by atoms with Crippen LogP contribution in [0.25, 0.3) is 0 Å². The summed E-state index contributed by atoms with van der Waals surface area (Å²) in [5, 5.41) is 0. The van der Waals surface area contributed by atoms with Crippen LogP contribution in [0.3, 0.4) is 0 Å². The first-order valence-electron chi connectivity index (χ1n) is 5.44. The molecule has 0 saturated heterocycles. The molecule has 0 aromatic carbocycles. The Balaban J connectivity index is 3.96. The monoisotopic (exact) mass is 216 g/mol. The van der Waals surface area contributed by atoms with Crippen LogP contribution in [0.15, 0.2) is 0 Å². The van der Waals surface area contributed by atoms with E-state index in [9.17, 15) is 9.59 Å². The Morgan fingerprint density at radius 3 is 2.13 bits per heavy atom. The molecule has 0 rings (SSSR count). The molecule has 0 radical (unpaired) electrons. The smallest absolute Gasteiger partial charge is 0.247 e. The van der Waals surface area contributed by atoms with Crippen LogP contribution in [0.2, 0.25) is 0 Å². The molecule has 4 nitrogen and oxygen atoms in total. The molecule has 0 spiro atoms. The Kier molecular flexibility index (Phi) is 6.75. The van der Waals surface area contributed by atoms with Gasteiger partial charge in [-0.3, -0.25) is 0 Å². The van der Waals surface area contributed by atoms with Gasteiger partial charge in [0.05, 0.1) is 5.92 Å². The molecule has 0 aromatic rings. The molecule has 88 valence electrons. The molecule has 0 bridgehead atoms. The summed E-state index contributed by atoms with van der Waals surface area (Å²) in [4.78, 5) is 31.2. The van der Waals surface area contributed by atoms with Gasteiger partial charge >= 0.3 is 11.9 Å². The zero-order valence-corrected chi connectivity index (χ0v) is 9.91. The maximum Gasteiger partial charge on any atom is 0.358 e. The van der Waals surface area contributed by atoms with E-state index in [1.54, 1.807) is 0 Å². The lowest BCUT2D eigenvalue weighted by atomic mass is 9.94. The molecule has 0 aliphatic carbocycles. The van der Waals surface area contributed by atoms with Crippen molar-refractivity contribution >= 4 is 11.9 Å². The van der Waals surface area contributed by atoms with Crippen molar-refractivity contribution < 1.29 is 19.4 Å². The lowest BCUT2D eigenvalue weighted by Gasteiger charge is -2.15. The quantitative estimate of drug-likeness (QED) is 0.523. The second kappa shape index (κ2) is 7.26. The molecular formula is C11H20O4. The molecule has 0 fully saturated rings. The third kappa shape index (κ3) is 5.40. The highest BCUT2D eigenvalue weighted by atomic mass is 17.2. The maximum absolute atomic E-state index is 11.4. The Bertz CT molecular complexity index is 211. The summed E-state index contributed by atoms with van der Waals surface area (Å²) in [6.45, 7) is 7.62. The number of hydrogen-bond donors (Lipinski definition) is 0. The highest BCUT2D eigenvalue weighted by Gasteiger charge is 2.23. The van der Waals surface area contributed by atoms with Gasteiger partial charge in [-0.05, 0) is 18.8 Å². The van der Waals surface area contributed by atoms with Gasteiger partial charge < -0.3 is 0 Å². The highest BCUT2D eigenvalue weighted by molar-refractivity contribution is 5.74. The van der Waals surface area contributed by atoms with Gasteiger partial charge in [0.25, 0.3) is 0 Å². The van der Waals surface area contributed by atoms with Gasteiger partial charge in [0.2, 0.25) is 0 Å². The highest BCUT2D eigenvalue weighted by Crippen LogP contribution is 2.16. The summed E-state index contributed by atoms with van der Waals surface area (Å²) in [6, 6.07) is 0. The Hall–Kier alpha value is -1.06. The van der Waals surface area contributed by atoms with Crippen LogP contribution in [-0.2, 0) is 19.4 Å². The van der Waals surface area contributed by atoms with Crippen molar-refractivity contribution in [2.45, 2.75) is 47.0 Å². The topological polar surface area (TPSA) is 52.6 Å². The molecule has 0 aliphatic heterocycles. The second-order valence-corrected chi connectivity index (χ2v) is 3.87. The van der Waals surface area contributed by atoms with E-state index in [2.05, 4.69) is 9.78 Å². The third-order valence-corrected chi connectivity index (χ3v) is 2.22. The SMILES string of the molecule is CCCC(=O)OOC(=O)C(CC)C(C)C. The fourth-order valence-corrected chi connectivity index (χ4v) is 1.31. The first kappa shape index (κ1) is 13.9. The van der Waals surface area contributed by atoms with Crippen LogP contribution >= 0.6 is 0 Å². The van der Waals surface area contributed by atoms with Crippen LogP contribution in [0.4, 0.5) is 0 Å². The Labute approximate surface area is 90.9 Å². The molecule has 0 aromatic heterocycles. The number of carbonyl (C=O) groups is 2. The van der Waals surface area contributed by atoms with Gasteiger partial charge in [0, 0.05) is 6.42 Å². The Morgan fingerprint density at radius 1 is 1.13 bits per heavy atom. The zero-order chi connectivity index (χ0) is 11.8. The first-order valence-corrected chi connectivity index (χ1v) is 5.44. The molecule has 0 heterocycles.